The zero-order valence-corrected chi connectivity index (χ0v) is 8.39. The Bertz CT molecular complexity index is 95.2. The number of unbranched alkanes of at least 4 members (excludes halogenated alkanes) is 3. The first-order chi connectivity index (χ1) is 5.93. The summed E-state index contributed by atoms with van der Waals surface area (Å²) in [6.07, 6.45) is 15.2. The van der Waals surface area contributed by atoms with E-state index in [4.69, 9.17) is 0 Å². The maximum Gasteiger partial charge on any atom is -0.00979 e. The third-order valence-electron chi connectivity index (χ3n) is 2.11. The van der Waals surface area contributed by atoms with Crippen molar-refractivity contribution in [3.05, 3.63) is 31.6 Å². The van der Waals surface area contributed by atoms with Crippen LogP contribution in [0.2, 0.25) is 0 Å². The van der Waals surface area contributed by atoms with Crippen molar-refractivity contribution < 1.29 is 0 Å². The molecule has 67 valence electrons. The minimum absolute atomic E-state index is 1.04. The number of thiol groups is 1. The van der Waals surface area contributed by atoms with Crippen LogP contribution in [0.25, 0.3) is 0 Å². The van der Waals surface area contributed by atoms with Gasteiger partial charge in [-0.2, -0.15) is 12.6 Å². The number of rotatable bonds is 6. The van der Waals surface area contributed by atoms with Gasteiger partial charge >= 0.3 is 0 Å². The second-order valence-electron chi connectivity index (χ2n) is 3.18. The Morgan fingerprint density at radius 1 is 0.917 bits per heavy atom. The predicted octanol–water partition coefficient (Wildman–Crippen LogP) is 3.27. The SMILES string of the molecule is SCCCCCC[C]1[CH][CH][CH][CH]1. The van der Waals surface area contributed by atoms with E-state index in [9.17, 15) is 0 Å². The van der Waals surface area contributed by atoms with E-state index in [0.717, 1.165) is 5.75 Å². The lowest BCUT2D eigenvalue weighted by Gasteiger charge is -2.06. The highest BCUT2D eigenvalue weighted by Crippen LogP contribution is 2.27. The average Bonchev–Trinajstić information content (AvgIpc) is 2.57. The molecule has 0 saturated heterocycles. The smallest absolute Gasteiger partial charge is 0.00979 e. The summed E-state index contributed by atoms with van der Waals surface area (Å²) in [4.78, 5) is 0. The third kappa shape index (κ3) is 4.39. The van der Waals surface area contributed by atoms with Crippen LogP contribution in [0.4, 0.5) is 0 Å². The van der Waals surface area contributed by atoms with Crippen molar-refractivity contribution in [2.45, 2.75) is 32.1 Å². The Kier molecular flexibility index (Phi) is 5.93. The van der Waals surface area contributed by atoms with Gasteiger partial charge in [0.15, 0.2) is 0 Å². The normalized spacial score (nSPS) is 18.8. The minimum Gasteiger partial charge on any atom is -0.179 e. The minimum atomic E-state index is 1.04. The first-order valence-corrected chi connectivity index (χ1v) is 5.38. The topological polar surface area (TPSA) is 0 Å². The van der Waals surface area contributed by atoms with Crippen LogP contribution in [0.1, 0.15) is 32.1 Å². The number of hydrogen-bond donors (Lipinski definition) is 1. The fourth-order valence-corrected chi connectivity index (χ4v) is 1.60. The first kappa shape index (κ1) is 10.4. The lowest BCUT2D eigenvalue weighted by Crippen LogP contribution is -1.91. The van der Waals surface area contributed by atoms with Crippen LogP contribution in [0.5, 0.6) is 0 Å². The van der Waals surface area contributed by atoms with Gasteiger partial charge in [0.25, 0.3) is 0 Å². The standard InChI is InChI=1S/C11H17S/c12-10-6-2-1-3-7-11-8-4-5-9-11/h4-5,8-9,12H,1-3,6-7,10H2. The Labute approximate surface area is 82.5 Å². The molecule has 0 aromatic rings. The van der Waals surface area contributed by atoms with Crippen LogP contribution in [-0.2, 0) is 0 Å². The molecule has 0 unspecified atom stereocenters. The second-order valence-corrected chi connectivity index (χ2v) is 3.63. The molecule has 0 N–H and O–H groups in total. The van der Waals surface area contributed by atoms with Gasteiger partial charge in [-0.25, -0.2) is 0 Å². The van der Waals surface area contributed by atoms with Gasteiger partial charge in [0.2, 0.25) is 0 Å². The summed E-state index contributed by atoms with van der Waals surface area (Å²) in [5, 5.41) is 0. The van der Waals surface area contributed by atoms with Gasteiger partial charge < -0.3 is 0 Å². The van der Waals surface area contributed by atoms with Gasteiger partial charge in [0, 0.05) is 0 Å². The Morgan fingerprint density at radius 2 is 1.58 bits per heavy atom. The highest BCUT2D eigenvalue weighted by Gasteiger charge is 2.15. The third-order valence-corrected chi connectivity index (χ3v) is 2.42. The zero-order valence-electron chi connectivity index (χ0n) is 7.50. The summed E-state index contributed by atoms with van der Waals surface area (Å²) in [7, 11) is 0. The van der Waals surface area contributed by atoms with Crippen molar-refractivity contribution in [2.75, 3.05) is 5.75 Å². The molecule has 1 aliphatic carbocycles. The molecule has 0 aromatic heterocycles. The van der Waals surface area contributed by atoms with Crippen molar-refractivity contribution >= 4 is 12.6 Å². The maximum atomic E-state index is 4.18. The van der Waals surface area contributed by atoms with Crippen LogP contribution in [0, 0.1) is 31.6 Å². The van der Waals surface area contributed by atoms with E-state index in [1.165, 1.54) is 38.0 Å². The highest BCUT2D eigenvalue weighted by molar-refractivity contribution is 7.80. The summed E-state index contributed by atoms with van der Waals surface area (Å²) >= 11 is 4.18. The molecule has 1 heteroatoms. The van der Waals surface area contributed by atoms with Crippen LogP contribution in [-0.4, -0.2) is 5.75 Å². The average molecular weight is 181 g/mol. The van der Waals surface area contributed by atoms with Crippen molar-refractivity contribution in [3.8, 4) is 0 Å². The van der Waals surface area contributed by atoms with Crippen molar-refractivity contribution in [1.29, 1.82) is 0 Å². The van der Waals surface area contributed by atoms with E-state index in [1.807, 2.05) is 0 Å². The Hall–Kier alpha value is 0.350. The van der Waals surface area contributed by atoms with Crippen LogP contribution in [0.15, 0.2) is 0 Å². The maximum absolute atomic E-state index is 4.18. The summed E-state index contributed by atoms with van der Waals surface area (Å²) in [6, 6.07) is 0. The molecule has 0 bridgehead atoms. The van der Waals surface area contributed by atoms with Crippen molar-refractivity contribution in [1.82, 2.24) is 0 Å². The summed E-state index contributed by atoms with van der Waals surface area (Å²) in [6.45, 7) is 0. The lowest BCUT2D eigenvalue weighted by molar-refractivity contribution is 0.654. The summed E-state index contributed by atoms with van der Waals surface area (Å²) in [5.41, 5.74) is 0. The van der Waals surface area contributed by atoms with Crippen LogP contribution >= 0.6 is 12.6 Å². The molecule has 0 heterocycles. The van der Waals surface area contributed by atoms with Gasteiger partial charge in [-0.3, -0.25) is 0 Å². The van der Waals surface area contributed by atoms with E-state index in [2.05, 4.69) is 38.3 Å². The number of hydrogen-bond acceptors (Lipinski definition) is 1. The van der Waals surface area contributed by atoms with E-state index < -0.39 is 0 Å². The molecule has 0 aliphatic heterocycles. The molecule has 0 spiro atoms. The van der Waals surface area contributed by atoms with E-state index in [1.54, 1.807) is 0 Å². The van der Waals surface area contributed by atoms with Gasteiger partial charge in [-0.05, 0) is 50.2 Å². The molecular formula is C11H17S. The van der Waals surface area contributed by atoms with Crippen LogP contribution in [0.3, 0.4) is 0 Å². The molecule has 0 atom stereocenters. The van der Waals surface area contributed by atoms with Crippen molar-refractivity contribution in [2.24, 2.45) is 0 Å². The Balaban J connectivity index is 1.81. The molecule has 5 radical (unpaired) electrons. The van der Waals surface area contributed by atoms with Gasteiger partial charge in [-0.15, -0.1) is 0 Å². The fraction of sp³-hybridized carbons (Fsp3) is 0.545. The molecule has 0 aromatic carbocycles. The molecule has 12 heavy (non-hydrogen) atoms. The van der Waals surface area contributed by atoms with Gasteiger partial charge in [0.1, 0.15) is 0 Å². The van der Waals surface area contributed by atoms with E-state index >= 15 is 0 Å². The highest BCUT2D eigenvalue weighted by atomic mass is 32.1. The second kappa shape index (κ2) is 6.82. The molecule has 1 aliphatic rings. The first-order valence-electron chi connectivity index (χ1n) is 4.75. The zero-order chi connectivity index (χ0) is 8.65. The summed E-state index contributed by atoms with van der Waals surface area (Å²) < 4.78 is 0. The molecule has 1 saturated carbocycles. The molecular weight excluding hydrogens is 164 g/mol. The molecule has 1 fully saturated rings. The van der Waals surface area contributed by atoms with Gasteiger partial charge in [0.05, 0.1) is 0 Å². The molecule has 0 amide bonds. The summed E-state index contributed by atoms with van der Waals surface area (Å²) in [5.74, 6) is 2.52. The quantitative estimate of drug-likeness (QED) is 0.472. The van der Waals surface area contributed by atoms with Crippen molar-refractivity contribution in [3.63, 3.8) is 0 Å². The van der Waals surface area contributed by atoms with E-state index in [-0.39, 0.29) is 0 Å². The fourth-order valence-electron chi connectivity index (χ4n) is 1.38. The molecule has 0 nitrogen and oxygen atoms in total. The van der Waals surface area contributed by atoms with Crippen LogP contribution < -0.4 is 0 Å². The molecule has 1 rings (SSSR count). The largest absolute Gasteiger partial charge is 0.179 e. The lowest BCUT2D eigenvalue weighted by atomic mass is 10.00. The Morgan fingerprint density at radius 3 is 2.25 bits per heavy atom. The predicted molar refractivity (Wildman–Crippen MR) is 57.4 cm³/mol. The van der Waals surface area contributed by atoms with E-state index in [0.29, 0.717) is 0 Å². The monoisotopic (exact) mass is 181 g/mol. The van der Waals surface area contributed by atoms with Gasteiger partial charge in [-0.1, -0.05) is 19.3 Å².